The van der Waals surface area contributed by atoms with Crippen molar-refractivity contribution in [3.63, 3.8) is 0 Å². The summed E-state index contributed by atoms with van der Waals surface area (Å²) >= 11 is 11.9. The van der Waals surface area contributed by atoms with Crippen molar-refractivity contribution in [1.82, 2.24) is 9.62 Å². The van der Waals surface area contributed by atoms with Crippen LogP contribution in [0.5, 0.6) is 0 Å². The Morgan fingerprint density at radius 3 is 2.50 bits per heavy atom. The number of rotatable bonds is 7. The van der Waals surface area contributed by atoms with Crippen LogP contribution in [-0.4, -0.2) is 39.5 Å². The average molecular weight is 393 g/mol. The van der Waals surface area contributed by atoms with E-state index in [-0.39, 0.29) is 5.75 Å². The van der Waals surface area contributed by atoms with Crippen molar-refractivity contribution < 1.29 is 8.42 Å². The Morgan fingerprint density at radius 1 is 1.21 bits per heavy atom. The largest absolute Gasteiger partial charge is 0.303 e. The zero-order chi connectivity index (χ0) is 17.7. The Balaban J connectivity index is 1.76. The summed E-state index contributed by atoms with van der Waals surface area (Å²) in [6, 6.07) is 4.87. The summed E-state index contributed by atoms with van der Waals surface area (Å²) in [5.74, 6) is 1.32. The minimum Gasteiger partial charge on any atom is -0.303 e. The lowest BCUT2D eigenvalue weighted by atomic mass is 9.92. The van der Waals surface area contributed by atoms with E-state index in [1.165, 1.54) is 6.42 Å². The smallest absolute Gasteiger partial charge is 0.215 e. The molecule has 2 atom stereocenters. The fourth-order valence-corrected chi connectivity index (χ4v) is 5.17. The first kappa shape index (κ1) is 20.0. The van der Waals surface area contributed by atoms with Crippen LogP contribution in [0.3, 0.4) is 0 Å². The SMILES string of the molecule is C[C@@H]1C[C@H](C)CN(CCCNS(=O)(=O)Cc2ccc(Cl)cc2Cl)C1. The maximum Gasteiger partial charge on any atom is 0.215 e. The van der Waals surface area contributed by atoms with Gasteiger partial charge in [-0.1, -0.05) is 43.1 Å². The molecule has 1 saturated heterocycles. The number of benzene rings is 1. The first-order valence-corrected chi connectivity index (χ1v) is 10.8. The van der Waals surface area contributed by atoms with E-state index in [1.54, 1.807) is 18.2 Å². The molecule has 1 heterocycles. The van der Waals surface area contributed by atoms with Crippen LogP contribution in [0.15, 0.2) is 18.2 Å². The second kappa shape index (κ2) is 8.86. The molecule has 1 fully saturated rings. The third kappa shape index (κ3) is 6.52. The number of piperidine rings is 1. The van der Waals surface area contributed by atoms with E-state index in [0.717, 1.165) is 37.9 Å². The number of nitrogens with one attached hydrogen (secondary N) is 1. The molecule has 4 nitrogen and oxygen atoms in total. The molecular formula is C17H26Cl2N2O2S. The van der Waals surface area contributed by atoms with E-state index < -0.39 is 10.0 Å². The molecule has 0 unspecified atom stereocenters. The molecule has 24 heavy (non-hydrogen) atoms. The predicted octanol–water partition coefficient (Wildman–Crippen LogP) is 3.78. The van der Waals surface area contributed by atoms with Crippen molar-refractivity contribution in [2.45, 2.75) is 32.4 Å². The van der Waals surface area contributed by atoms with Crippen LogP contribution in [0.4, 0.5) is 0 Å². The Hall–Kier alpha value is -0.330. The summed E-state index contributed by atoms with van der Waals surface area (Å²) in [5.41, 5.74) is 0.562. The number of sulfonamides is 1. The van der Waals surface area contributed by atoms with Crippen molar-refractivity contribution in [1.29, 1.82) is 0 Å². The van der Waals surface area contributed by atoms with Crippen LogP contribution < -0.4 is 4.72 Å². The van der Waals surface area contributed by atoms with Crippen LogP contribution >= 0.6 is 23.2 Å². The molecule has 136 valence electrons. The molecule has 0 saturated carbocycles. The molecule has 0 aromatic heterocycles. The molecule has 1 N–H and O–H groups in total. The molecule has 1 aliphatic rings. The Bertz CT molecular complexity index is 642. The fourth-order valence-electron chi connectivity index (χ4n) is 3.40. The summed E-state index contributed by atoms with van der Waals surface area (Å²) in [6.07, 6.45) is 2.10. The van der Waals surface area contributed by atoms with Gasteiger partial charge in [-0.3, -0.25) is 0 Å². The summed E-state index contributed by atoms with van der Waals surface area (Å²) in [7, 11) is -3.39. The second-order valence-electron chi connectivity index (χ2n) is 6.95. The van der Waals surface area contributed by atoms with Gasteiger partial charge in [0.1, 0.15) is 0 Å². The molecule has 0 aliphatic carbocycles. The lowest BCUT2D eigenvalue weighted by Crippen LogP contribution is -2.40. The molecule has 2 rings (SSSR count). The van der Waals surface area contributed by atoms with Gasteiger partial charge in [-0.05, 0) is 48.9 Å². The van der Waals surface area contributed by atoms with Gasteiger partial charge in [0, 0.05) is 29.7 Å². The summed E-state index contributed by atoms with van der Waals surface area (Å²) in [4.78, 5) is 2.43. The van der Waals surface area contributed by atoms with Gasteiger partial charge in [-0.25, -0.2) is 13.1 Å². The van der Waals surface area contributed by atoms with Gasteiger partial charge in [-0.2, -0.15) is 0 Å². The number of halogens is 2. The van der Waals surface area contributed by atoms with Crippen molar-refractivity contribution in [2.24, 2.45) is 11.8 Å². The minimum absolute atomic E-state index is 0.124. The van der Waals surface area contributed by atoms with E-state index in [9.17, 15) is 8.42 Å². The summed E-state index contributed by atoms with van der Waals surface area (Å²) in [6.45, 7) is 8.16. The van der Waals surface area contributed by atoms with Crippen molar-refractivity contribution in [3.8, 4) is 0 Å². The maximum atomic E-state index is 12.2. The highest BCUT2D eigenvalue weighted by Crippen LogP contribution is 2.23. The van der Waals surface area contributed by atoms with Gasteiger partial charge >= 0.3 is 0 Å². The Labute approximate surface area is 155 Å². The second-order valence-corrected chi connectivity index (χ2v) is 9.60. The first-order valence-electron chi connectivity index (χ1n) is 8.39. The topological polar surface area (TPSA) is 49.4 Å². The summed E-state index contributed by atoms with van der Waals surface area (Å²) in [5, 5.41) is 0.878. The zero-order valence-corrected chi connectivity index (χ0v) is 16.6. The average Bonchev–Trinajstić information content (AvgIpc) is 2.46. The molecule has 1 aliphatic heterocycles. The van der Waals surface area contributed by atoms with Crippen LogP contribution in [0.25, 0.3) is 0 Å². The van der Waals surface area contributed by atoms with Gasteiger partial charge in [0.15, 0.2) is 0 Å². The zero-order valence-electron chi connectivity index (χ0n) is 14.3. The Kier molecular flexibility index (Phi) is 7.38. The minimum atomic E-state index is -3.39. The molecular weight excluding hydrogens is 367 g/mol. The predicted molar refractivity (Wildman–Crippen MR) is 101 cm³/mol. The first-order chi connectivity index (χ1) is 11.2. The standard InChI is InChI=1S/C17H26Cl2N2O2S/c1-13-8-14(2)11-21(10-13)7-3-6-20-24(22,23)12-15-4-5-16(18)9-17(15)19/h4-5,9,13-14,20H,3,6-8,10-12H2,1-2H3/t13-,14+. The van der Waals surface area contributed by atoms with Gasteiger partial charge in [0.2, 0.25) is 10.0 Å². The van der Waals surface area contributed by atoms with Gasteiger partial charge in [-0.15, -0.1) is 0 Å². The number of hydrogen-bond acceptors (Lipinski definition) is 3. The lowest BCUT2D eigenvalue weighted by molar-refractivity contribution is 0.140. The van der Waals surface area contributed by atoms with E-state index in [4.69, 9.17) is 23.2 Å². The molecule has 0 spiro atoms. The van der Waals surface area contributed by atoms with E-state index in [0.29, 0.717) is 22.2 Å². The maximum absolute atomic E-state index is 12.2. The van der Waals surface area contributed by atoms with E-state index in [2.05, 4.69) is 23.5 Å². The highest BCUT2D eigenvalue weighted by molar-refractivity contribution is 7.88. The van der Waals surface area contributed by atoms with Crippen molar-refractivity contribution >= 4 is 33.2 Å². The lowest BCUT2D eigenvalue weighted by Gasteiger charge is -2.34. The number of nitrogens with zero attached hydrogens (tertiary/aromatic N) is 1. The van der Waals surface area contributed by atoms with Crippen LogP contribution in [0, 0.1) is 11.8 Å². The van der Waals surface area contributed by atoms with E-state index in [1.807, 2.05) is 0 Å². The van der Waals surface area contributed by atoms with Gasteiger partial charge in [0.25, 0.3) is 0 Å². The van der Waals surface area contributed by atoms with Crippen LogP contribution in [-0.2, 0) is 15.8 Å². The molecule has 1 aromatic rings. The van der Waals surface area contributed by atoms with E-state index >= 15 is 0 Å². The monoisotopic (exact) mass is 392 g/mol. The fraction of sp³-hybridized carbons (Fsp3) is 0.647. The number of likely N-dealkylation sites (tertiary alicyclic amines) is 1. The molecule has 0 amide bonds. The van der Waals surface area contributed by atoms with Crippen LogP contribution in [0.1, 0.15) is 32.3 Å². The van der Waals surface area contributed by atoms with Gasteiger partial charge < -0.3 is 4.90 Å². The van der Waals surface area contributed by atoms with Crippen molar-refractivity contribution in [2.75, 3.05) is 26.2 Å². The summed E-state index contributed by atoms with van der Waals surface area (Å²) < 4.78 is 27.0. The van der Waals surface area contributed by atoms with Crippen molar-refractivity contribution in [3.05, 3.63) is 33.8 Å². The molecule has 0 bridgehead atoms. The van der Waals surface area contributed by atoms with Crippen LogP contribution in [0.2, 0.25) is 10.0 Å². The molecule has 0 radical (unpaired) electrons. The highest BCUT2D eigenvalue weighted by Gasteiger charge is 2.21. The normalized spacial score (nSPS) is 22.7. The van der Waals surface area contributed by atoms with Gasteiger partial charge in [0.05, 0.1) is 5.75 Å². The molecule has 7 heteroatoms. The third-order valence-electron chi connectivity index (χ3n) is 4.28. The highest BCUT2D eigenvalue weighted by atomic mass is 35.5. The Morgan fingerprint density at radius 2 is 1.88 bits per heavy atom. The molecule has 1 aromatic carbocycles. The number of hydrogen-bond donors (Lipinski definition) is 1. The third-order valence-corrected chi connectivity index (χ3v) is 6.20. The quantitative estimate of drug-likeness (QED) is 0.718.